The maximum Gasteiger partial charge on any atom is 0.251 e. The van der Waals surface area contributed by atoms with Gasteiger partial charge in [0.15, 0.2) is 11.5 Å². The summed E-state index contributed by atoms with van der Waals surface area (Å²) in [5.74, 6) is 2.03. The molecule has 5 rings (SSSR count). The number of fused-ring (bicyclic) bond motifs is 2. The summed E-state index contributed by atoms with van der Waals surface area (Å²) in [5.41, 5.74) is 2.30. The van der Waals surface area contributed by atoms with E-state index in [0.29, 0.717) is 18.0 Å². The molecule has 1 N–H and O–H groups in total. The van der Waals surface area contributed by atoms with Crippen molar-refractivity contribution in [2.75, 3.05) is 24.5 Å². The monoisotopic (exact) mass is 373 g/mol. The lowest BCUT2D eigenvalue weighted by atomic mass is 10.00. The molecule has 0 aliphatic carbocycles. The fourth-order valence-electron chi connectivity index (χ4n) is 3.50. The number of nitrogens with zero attached hydrogens (tertiary/aromatic N) is 6. The number of benzene rings is 1. The summed E-state index contributed by atoms with van der Waals surface area (Å²) in [6, 6.07) is 13.3. The predicted molar refractivity (Wildman–Crippen MR) is 105 cm³/mol. The molecule has 0 bridgehead atoms. The number of aromatic nitrogens is 5. The highest BCUT2D eigenvalue weighted by Gasteiger charge is 2.28. The molecule has 1 aliphatic heterocycles. The zero-order valence-electron chi connectivity index (χ0n) is 15.4. The second-order valence-corrected chi connectivity index (χ2v) is 7.10. The van der Waals surface area contributed by atoms with Crippen LogP contribution in [0.5, 0.6) is 0 Å². The molecule has 1 aromatic carbocycles. The zero-order chi connectivity index (χ0) is 19.1. The SMILES string of the molecule is Cc1nnc2ccc(N3CC(CNC(=O)c4ccc5ncccc5c4)C3)nn12. The smallest absolute Gasteiger partial charge is 0.251 e. The largest absolute Gasteiger partial charge is 0.354 e. The Morgan fingerprint density at radius 1 is 1.18 bits per heavy atom. The summed E-state index contributed by atoms with van der Waals surface area (Å²) in [6.07, 6.45) is 1.75. The third-order valence-corrected chi connectivity index (χ3v) is 5.10. The maximum absolute atomic E-state index is 12.5. The van der Waals surface area contributed by atoms with Crippen LogP contribution in [0.2, 0.25) is 0 Å². The van der Waals surface area contributed by atoms with E-state index in [1.165, 1.54) is 0 Å². The standard InChI is InChI=1S/C20H19N7O/c1-13-23-24-18-6-7-19(25-27(13)18)26-11-14(12-26)10-22-20(28)16-4-5-17-15(9-16)3-2-8-21-17/h2-9,14H,10-12H2,1H3,(H,22,28). The first kappa shape index (κ1) is 16.6. The summed E-state index contributed by atoms with van der Waals surface area (Å²) in [6.45, 7) is 4.26. The summed E-state index contributed by atoms with van der Waals surface area (Å²) in [5, 5.41) is 16.7. The molecule has 1 fully saturated rings. The molecular weight excluding hydrogens is 354 g/mol. The number of nitrogens with one attached hydrogen (secondary N) is 1. The highest BCUT2D eigenvalue weighted by atomic mass is 16.1. The van der Waals surface area contributed by atoms with Crippen molar-refractivity contribution in [3.8, 4) is 0 Å². The number of aryl methyl sites for hydroxylation is 1. The molecule has 0 spiro atoms. The number of amides is 1. The van der Waals surface area contributed by atoms with Gasteiger partial charge in [-0.25, -0.2) is 0 Å². The van der Waals surface area contributed by atoms with E-state index in [9.17, 15) is 4.79 Å². The Bertz CT molecular complexity index is 1180. The van der Waals surface area contributed by atoms with Crippen molar-refractivity contribution in [3.05, 3.63) is 60.0 Å². The van der Waals surface area contributed by atoms with Gasteiger partial charge in [-0.3, -0.25) is 9.78 Å². The lowest BCUT2D eigenvalue weighted by molar-refractivity contribution is 0.0944. The van der Waals surface area contributed by atoms with Gasteiger partial charge < -0.3 is 10.2 Å². The Kier molecular flexibility index (Phi) is 3.89. The van der Waals surface area contributed by atoms with Crippen molar-refractivity contribution in [2.24, 2.45) is 5.92 Å². The van der Waals surface area contributed by atoms with Gasteiger partial charge in [-0.1, -0.05) is 6.07 Å². The van der Waals surface area contributed by atoms with E-state index >= 15 is 0 Å². The average Bonchev–Trinajstić information content (AvgIpc) is 3.06. The van der Waals surface area contributed by atoms with Crippen LogP contribution in [0.1, 0.15) is 16.2 Å². The minimum Gasteiger partial charge on any atom is -0.354 e. The fraction of sp³-hybridized carbons (Fsp3) is 0.250. The molecule has 0 atom stereocenters. The number of hydrogen-bond acceptors (Lipinski definition) is 6. The van der Waals surface area contributed by atoms with Crippen LogP contribution >= 0.6 is 0 Å². The second-order valence-electron chi connectivity index (χ2n) is 7.10. The van der Waals surface area contributed by atoms with Crippen LogP contribution < -0.4 is 10.2 Å². The minimum atomic E-state index is -0.0520. The van der Waals surface area contributed by atoms with Gasteiger partial charge >= 0.3 is 0 Å². The Morgan fingerprint density at radius 2 is 2.07 bits per heavy atom. The van der Waals surface area contributed by atoms with Crippen LogP contribution in [0.25, 0.3) is 16.6 Å². The molecule has 1 amide bonds. The number of anilines is 1. The number of carbonyl (C=O) groups is 1. The summed E-state index contributed by atoms with van der Waals surface area (Å²) < 4.78 is 1.75. The zero-order valence-corrected chi connectivity index (χ0v) is 15.4. The molecule has 1 aliphatic rings. The van der Waals surface area contributed by atoms with Crippen molar-refractivity contribution in [2.45, 2.75) is 6.92 Å². The normalized spacial score (nSPS) is 14.4. The maximum atomic E-state index is 12.5. The van der Waals surface area contributed by atoms with E-state index < -0.39 is 0 Å². The highest BCUT2D eigenvalue weighted by Crippen LogP contribution is 2.22. The van der Waals surface area contributed by atoms with E-state index in [0.717, 1.165) is 41.3 Å². The van der Waals surface area contributed by atoms with E-state index in [1.807, 2.05) is 49.4 Å². The topological polar surface area (TPSA) is 88.3 Å². The van der Waals surface area contributed by atoms with Crippen LogP contribution in [0.3, 0.4) is 0 Å². The van der Waals surface area contributed by atoms with Crippen LogP contribution in [0.4, 0.5) is 5.82 Å². The van der Waals surface area contributed by atoms with Gasteiger partial charge in [0.25, 0.3) is 5.91 Å². The van der Waals surface area contributed by atoms with Gasteiger partial charge in [0.05, 0.1) is 5.52 Å². The molecule has 0 unspecified atom stereocenters. The van der Waals surface area contributed by atoms with Crippen molar-refractivity contribution in [3.63, 3.8) is 0 Å². The number of rotatable bonds is 4. The summed E-state index contributed by atoms with van der Waals surface area (Å²) in [4.78, 5) is 18.9. The molecule has 3 aromatic heterocycles. The second kappa shape index (κ2) is 6.56. The van der Waals surface area contributed by atoms with Gasteiger partial charge in [0.1, 0.15) is 5.82 Å². The average molecular weight is 373 g/mol. The van der Waals surface area contributed by atoms with Crippen molar-refractivity contribution in [1.82, 2.24) is 30.1 Å². The Hall–Kier alpha value is -3.55. The molecule has 140 valence electrons. The Morgan fingerprint density at radius 3 is 2.96 bits per heavy atom. The summed E-state index contributed by atoms with van der Waals surface area (Å²) in [7, 11) is 0. The Balaban J connectivity index is 1.19. The van der Waals surface area contributed by atoms with E-state index in [1.54, 1.807) is 10.7 Å². The van der Waals surface area contributed by atoms with E-state index in [-0.39, 0.29) is 5.91 Å². The molecule has 8 heteroatoms. The molecule has 1 saturated heterocycles. The lowest BCUT2D eigenvalue weighted by Gasteiger charge is -2.40. The highest BCUT2D eigenvalue weighted by molar-refractivity contribution is 5.97. The summed E-state index contributed by atoms with van der Waals surface area (Å²) >= 11 is 0. The first-order valence-electron chi connectivity index (χ1n) is 9.24. The van der Waals surface area contributed by atoms with Crippen molar-refractivity contribution >= 4 is 28.3 Å². The van der Waals surface area contributed by atoms with E-state index in [4.69, 9.17) is 0 Å². The van der Waals surface area contributed by atoms with Gasteiger partial charge in [-0.15, -0.1) is 15.3 Å². The Labute approximate surface area is 161 Å². The quantitative estimate of drug-likeness (QED) is 0.587. The lowest BCUT2D eigenvalue weighted by Crippen LogP contribution is -2.52. The van der Waals surface area contributed by atoms with E-state index in [2.05, 4.69) is 30.5 Å². The van der Waals surface area contributed by atoms with Crippen molar-refractivity contribution in [1.29, 1.82) is 0 Å². The fourth-order valence-corrected chi connectivity index (χ4v) is 3.50. The molecule has 4 heterocycles. The van der Waals surface area contributed by atoms with Crippen LogP contribution in [0.15, 0.2) is 48.7 Å². The predicted octanol–water partition coefficient (Wildman–Crippen LogP) is 1.85. The van der Waals surface area contributed by atoms with Gasteiger partial charge in [0, 0.05) is 42.7 Å². The molecule has 8 nitrogen and oxygen atoms in total. The van der Waals surface area contributed by atoms with Gasteiger partial charge in [0.2, 0.25) is 0 Å². The third-order valence-electron chi connectivity index (χ3n) is 5.10. The first-order chi connectivity index (χ1) is 13.7. The molecular formula is C20H19N7O. The first-order valence-corrected chi connectivity index (χ1v) is 9.24. The number of hydrogen-bond donors (Lipinski definition) is 1. The third kappa shape index (κ3) is 2.92. The minimum absolute atomic E-state index is 0.0520. The van der Waals surface area contributed by atoms with Crippen LogP contribution in [0, 0.1) is 12.8 Å². The molecule has 4 aromatic rings. The van der Waals surface area contributed by atoms with Gasteiger partial charge in [-0.2, -0.15) is 4.52 Å². The van der Waals surface area contributed by atoms with Crippen molar-refractivity contribution < 1.29 is 4.79 Å². The van der Waals surface area contributed by atoms with Crippen LogP contribution in [-0.4, -0.2) is 50.3 Å². The molecule has 28 heavy (non-hydrogen) atoms. The molecule has 0 saturated carbocycles. The molecule has 0 radical (unpaired) electrons. The number of pyridine rings is 1. The van der Waals surface area contributed by atoms with Gasteiger partial charge in [-0.05, 0) is 43.3 Å². The number of carbonyl (C=O) groups excluding carboxylic acids is 1. The van der Waals surface area contributed by atoms with Crippen LogP contribution in [-0.2, 0) is 0 Å².